The van der Waals surface area contributed by atoms with E-state index in [0.717, 1.165) is 12.8 Å². The largest absolute Gasteiger partial charge is 0.481 e. The fraction of sp³-hybridized carbons (Fsp3) is 0.438. The lowest BCUT2D eigenvalue weighted by Gasteiger charge is -2.31. The van der Waals surface area contributed by atoms with Crippen molar-refractivity contribution < 1.29 is 14.7 Å². The van der Waals surface area contributed by atoms with E-state index >= 15 is 0 Å². The fourth-order valence-electron chi connectivity index (χ4n) is 2.88. The predicted octanol–water partition coefficient (Wildman–Crippen LogP) is 2.41. The zero-order valence-electron chi connectivity index (χ0n) is 12.0. The Morgan fingerprint density at radius 3 is 2.57 bits per heavy atom. The van der Waals surface area contributed by atoms with Crippen LogP contribution in [0.25, 0.3) is 0 Å². The van der Waals surface area contributed by atoms with Gasteiger partial charge in [-0.1, -0.05) is 18.9 Å². The van der Waals surface area contributed by atoms with E-state index in [-0.39, 0.29) is 5.91 Å². The van der Waals surface area contributed by atoms with Crippen molar-refractivity contribution >= 4 is 17.6 Å². The predicted molar refractivity (Wildman–Crippen MR) is 77.7 cm³/mol. The van der Waals surface area contributed by atoms with Crippen LogP contribution in [-0.2, 0) is 9.59 Å². The maximum Gasteiger partial charge on any atom is 0.307 e. The number of nitrogens with zero attached hydrogens (tertiary/aromatic N) is 2. The zero-order valence-corrected chi connectivity index (χ0v) is 12.0. The summed E-state index contributed by atoms with van der Waals surface area (Å²) in [6, 6.07) is 8.80. The van der Waals surface area contributed by atoms with Crippen molar-refractivity contribution in [2.75, 3.05) is 11.9 Å². The molecule has 1 saturated carbocycles. The average molecular weight is 286 g/mol. The number of benzene rings is 1. The van der Waals surface area contributed by atoms with Crippen LogP contribution in [-0.4, -0.2) is 24.0 Å². The van der Waals surface area contributed by atoms with Crippen LogP contribution >= 0.6 is 0 Å². The van der Waals surface area contributed by atoms with E-state index in [1.165, 1.54) is 4.90 Å². The number of hydrogen-bond donors (Lipinski definition) is 1. The minimum atomic E-state index is -0.896. The molecule has 1 aliphatic rings. The van der Waals surface area contributed by atoms with Gasteiger partial charge in [0.05, 0.1) is 23.5 Å². The van der Waals surface area contributed by atoms with E-state index in [1.807, 2.05) is 6.07 Å². The smallest absolute Gasteiger partial charge is 0.307 e. The van der Waals surface area contributed by atoms with Gasteiger partial charge in [-0.3, -0.25) is 9.59 Å². The molecule has 1 aliphatic carbocycles. The Kier molecular flexibility index (Phi) is 4.59. The highest BCUT2D eigenvalue weighted by atomic mass is 16.4. The number of nitriles is 1. The molecule has 1 amide bonds. The molecule has 1 N–H and O–H groups in total. The Balaban J connectivity index is 2.21. The summed E-state index contributed by atoms with van der Waals surface area (Å²) >= 11 is 0. The molecule has 0 spiro atoms. The zero-order chi connectivity index (χ0) is 15.4. The van der Waals surface area contributed by atoms with E-state index in [9.17, 15) is 14.7 Å². The second-order valence-corrected chi connectivity index (χ2v) is 5.40. The van der Waals surface area contributed by atoms with Gasteiger partial charge in [0, 0.05) is 12.7 Å². The lowest BCUT2D eigenvalue weighted by Crippen LogP contribution is -2.40. The number of hydrogen-bond acceptors (Lipinski definition) is 3. The summed E-state index contributed by atoms with van der Waals surface area (Å²) in [6.45, 7) is 0. The molecule has 1 fully saturated rings. The average Bonchev–Trinajstić information content (AvgIpc) is 2.53. The Morgan fingerprint density at radius 2 is 1.95 bits per heavy atom. The third-order valence-corrected chi connectivity index (χ3v) is 4.09. The monoisotopic (exact) mass is 286 g/mol. The number of amides is 1. The molecule has 0 heterocycles. The Bertz CT molecular complexity index is 591. The second kappa shape index (κ2) is 6.40. The first kappa shape index (κ1) is 15.0. The SMILES string of the molecule is CN(C(=O)[C@@H]1CCCC[C@@H]1C(=O)O)c1cccc(C#N)c1. The number of carbonyl (C=O) groups is 2. The molecule has 2 rings (SSSR count). The molecule has 0 unspecified atom stereocenters. The summed E-state index contributed by atoms with van der Waals surface area (Å²) < 4.78 is 0. The molecule has 21 heavy (non-hydrogen) atoms. The highest BCUT2D eigenvalue weighted by Gasteiger charge is 2.37. The fourth-order valence-corrected chi connectivity index (χ4v) is 2.88. The molecule has 0 saturated heterocycles. The standard InChI is InChI=1S/C16H18N2O3/c1-18(12-6-4-5-11(9-12)10-17)15(19)13-7-2-3-8-14(13)16(20)21/h4-6,9,13-14H,2-3,7-8H2,1H3,(H,20,21)/t13-,14+/m1/s1. The van der Waals surface area contributed by atoms with Crippen molar-refractivity contribution in [1.29, 1.82) is 5.26 Å². The molecule has 2 atom stereocenters. The van der Waals surface area contributed by atoms with Crippen LogP contribution in [0.5, 0.6) is 0 Å². The molecule has 0 radical (unpaired) electrons. The quantitative estimate of drug-likeness (QED) is 0.925. The Labute approximate surface area is 123 Å². The molecule has 1 aromatic carbocycles. The van der Waals surface area contributed by atoms with Crippen LogP contribution < -0.4 is 4.90 Å². The van der Waals surface area contributed by atoms with Gasteiger partial charge < -0.3 is 10.0 Å². The summed E-state index contributed by atoms with van der Waals surface area (Å²) in [7, 11) is 1.63. The van der Waals surface area contributed by atoms with Crippen molar-refractivity contribution in [3.63, 3.8) is 0 Å². The van der Waals surface area contributed by atoms with Crippen LogP contribution in [0.15, 0.2) is 24.3 Å². The molecule has 0 bridgehead atoms. The first-order valence-corrected chi connectivity index (χ1v) is 7.05. The number of carboxylic acid groups (broad SMARTS) is 1. The lowest BCUT2D eigenvalue weighted by atomic mass is 9.78. The van der Waals surface area contributed by atoms with Crippen molar-refractivity contribution in [3.8, 4) is 6.07 Å². The van der Waals surface area contributed by atoms with Gasteiger partial charge >= 0.3 is 5.97 Å². The highest BCUT2D eigenvalue weighted by Crippen LogP contribution is 2.32. The number of aliphatic carboxylic acids is 1. The molecule has 5 heteroatoms. The van der Waals surface area contributed by atoms with Crippen LogP contribution in [0.3, 0.4) is 0 Å². The third-order valence-electron chi connectivity index (χ3n) is 4.09. The maximum absolute atomic E-state index is 12.6. The summed E-state index contributed by atoms with van der Waals surface area (Å²) in [5.74, 6) is -2.16. The topological polar surface area (TPSA) is 81.4 Å². The van der Waals surface area contributed by atoms with E-state index in [1.54, 1.807) is 31.3 Å². The van der Waals surface area contributed by atoms with Gasteiger partial charge in [-0.05, 0) is 31.0 Å². The van der Waals surface area contributed by atoms with Crippen LogP contribution in [0.1, 0.15) is 31.2 Å². The van der Waals surface area contributed by atoms with E-state index < -0.39 is 17.8 Å². The number of rotatable bonds is 3. The van der Waals surface area contributed by atoms with Gasteiger partial charge in [-0.25, -0.2) is 0 Å². The van der Waals surface area contributed by atoms with E-state index in [0.29, 0.717) is 24.1 Å². The van der Waals surface area contributed by atoms with Crippen molar-refractivity contribution in [1.82, 2.24) is 0 Å². The first-order chi connectivity index (χ1) is 10.0. The van der Waals surface area contributed by atoms with Crippen molar-refractivity contribution in [3.05, 3.63) is 29.8 Å². The minimum Gasteiger partial charge on any atom is -0.481 e. The molecular formula is C16H18N2O3. The normalized spacial score (nSPS) is 21.3. The van der Waals surface area contributed by atoms with Gasteiger partial charge in [0.15, 0.2) is 0 Å². The maximum atomic E-state index is 12.6. The van der Waals surface area contributed by atoms with Gasteiger partial charge in [-0.2, -0.15) is 5.26 Å². The summed E-state index contributed by atoms with van der Waals surface area (Å²) in [5.41, 5.74) is 1.10. The number of carboxylic acids is 1. The van der Waals surface area contributed by atoms with Gasteiger partial charge in [0.1, 0.15) is 0 Å². The van der Waals surface area contributed by atoms with Gasteiger partial charge in [0.2, 0.25) is 5.91 Å². The molecular weight excluding hydrogens is 268 g/mol. The van der Waals surface area contributed by atoms with Crippen LogP contribution in [0.4, 0.5) is 5.69 Å². The Morgan fingerprint density at radius 1 is 1.29 bits per heavy atom. The third kappa shape index (κ3) is 3.22. The first-order valence-electron chi connectivity index (χ1n) is 7.05. The lowest BCUT2D eigenvalue weighted by molar-refractivity contribution is -0.148. The molecule has 1 aromatic rings. The number of carbonyl (C=O) groups excluding carboxylic acids is 1. The van der Waals surface area contributed by atoms with Gasteiger partial charge in [-0.15, -0.1) is 0 Å². The summed E-state index contributed by atoms with van der Waals surface area (Å²) in [5, 5.41) is 18.2. The highest BCUT2D eigenvalue weighted by molar-refractivity contribution is 5.97. The van der Waals surface area contributed by atoms with Crippen LogP contribution in [0.2, 0.25) is 0 Å². The summed E-state index contributed by atoms with van der Waals surface area (Å²) in [4.78, 5) is 25.4. The summed E-state index contributed by atoms with van der Waals surface area (Å²) in [6.07, 6.45) is 2.90. The van der Waals surface area contributed by atoms with Crippen molar-refractivity contribution in [2.24, 2.45) is 11.8 Å². The van der Waals surface area contributed by atoms with Crippen molar-refractivity contribution in [2.45, 2.75) is 25.7 Å². The van der Waals surface area contributed by atoms with Crippen LogP contribution in [0, 0.1) is 23.2 Å². The number of anilines is 1. The molecule has 0 aliphatic heterocycles. The van der Waals surface area contributed by atoms with E-state index in [2.05, 4.69) is 0 Å². The Hall–Kier alpha value is -2.35. The molecule has 0 aromatic heterocycles. The van der Waals surface area contributed by atoms with Gasteiger partial charge in [0.25, 0.3) is 0 Å². The van der Waals surface area contributed by atoms with E-state index in [4.69, 9.17) is 5.26 Å². The second-order valence-electron chi connectivity index (χ2n) is 5.40. The molecule has 5 nitrogen and oxygen atoms in total. The molecule has 110 valence electrons. The minimum absolute atomic E-state index is 0.183.